The van der Waals surface area contributed by atoms with Crippen molar-refractivity contribution in [2.45, 2.75) is 59.0 Å². The molecule has 3 unspecified atom stereocenters. The average Bonchev–Trinajstić information content (AvgIpc) is 2.30. The van der Waals surface area contributed by atoms with E-state index in [2.05, 4.69) is 12.2 Å². The van der Waals surface area contributed by atoms with Gasteiger partial charge >= 0.3 is 12.0 Å². The Labute approximate surface area is 115 Å². The fourth-order valence-electron chi connectivity index (χ4n) is 2.45. The van der Waals surface area contributed by atoms with Crippen LogP contribution < -0.4 is 5.32 Å². The number of hydrogen-bond donors (Lipinski definition) is 2. The van der Waals surface area contributed by atoms with Gasteiger partial charge in [0.25, 0.3) is 0 Å². The van der Waals surface area contributed by atoms with E-state index in [-0.39, 0.29) is 30.5 Å². The van der Waals surface area contributed by atoms with Crippen LogP contribution in [0.5, 0.6) is 0 Å². The molecular weight excluding hydrogens is 244 g/mol. The average molecular weight is 270 g/mol. The van der Waals surface area contributed by atoms with Gasteiger partial charge in [-0.3, -0.25) is 4.79 Å². The summed E-state index contributed by atoms with van der Waals surface area (Å²) in [6, 6.07) is -0.206. The summed E-state index contributed by atoms with van der Waals surface area (Å²) in [7, 11) is 0. The fourth-order valence-corrected chi connectivity index (χ4v) is 2.45. The smallest absolute Gasteiger partial charge is 0.317 e. The van der Waals surface area contributed by atoms with Gasteiger partial charge in [-0.05, 0) is 31.6 Å². The molecule has 1 aliphatic rings. The van der Waals surface area contributed by atoms with Crippen LogP contribution in [0.3, 0.4) is 0 Å². The predicted octanol–water partition coefficient (Wildman–Crippen LogP) is 2.32. The normalized spacial score (nSPS) is 25.2. The lowest BCUT2D eigenvalue weighted by Crippen LogP contribution is -2.53. The number of nitrogens with zero attached hydrogens (tertiary/aromatic N) is 1. The highest BCUT2D eigenvalue weighted by Gasteiger charge is 2.29. The molecule has 110 valence electrons. The number of carbonyl (C=O) groups is 2. The lowest BCUT2D eigenvalue weighted by molar-refractivity contribution is -0.137. The molecule has 5 nitrogen and oxygen atoms in total. The number of piperidine rings is 1. The summed E-state index contributed by atoms with van der Waals surface area (Å²) in [6.45, 7) is 8.80. The van der Waals surface area contributed by atoms with Gasteiger partial charge in [-0.15, -0.1) is 0 Å². The molecular formula is C14H26N2O3. The van der Waals surface area contributed by atoms with Gasteiger partial charge in [0.15, 0.2) is 0 Å². The number of rotatable bonds is 4. The SMILES string of the molecule is CC1CCC(C)N(C(=O)NC(CC(=O)O)C(C)C)C1. The maximum Gasteiger partial charge on any atom is 0.317 e. The van der Waals surface area contributed by atoms with Crippen LogP contribution >= 0.6 is 0 Å². The zero-order chi connectivity index (χ0) is 14.6. The van der Waals surface area contributed by atoms with Crippen molar-refractivity contribution in [1.82, 2.24) is 10.2 Å². The van der Waals surface area contributed by atoms with E-state index in [4.69, 9.17) is 5.11 Å². The maximum atomic E-state index is 12.3. The molecule has 19 heavy (non-hydrogen) atoms. The predicted molar refractivity (Wildman–Crippen MR) is 74.0 cm³/mol. The molecule has 1 fully saturated rings. The number of aliphatic carboxylic acids is 1. The fraction of sp³-hybridized carbons (Fsp3) is 0.857. The van der Waals surface area contributed by atoms with Gasteiger partial charge in [0, 0.05) is 18.6 Å². The van der Waals surface area contributed by atoms with Gasteiger partial charge in [0.05, 0.1) is 6.42 Å². The molecule has 2 amide bonds. The first-order chi connectivity index (χ1) is 8.81. The Morgan fingerprint density at radius 3 is 2.47 bits per heavy atom. The molecule has 0 saturated carbocycles. The minimum Gasteiger partial charge on any atom is -0.481 e. The van der Waals surface area contributed by atoms with Gasteiger partial charge in [-0.1, -0.05) is 20.8 Å². The standard InChI is InChI=1S/C14H26N2O3/c1-9(2)12(7-13(17)18)15-14(19)16-8-10(3)5-6-11(16)4/h9-12H,5-8H2,1-4H3,(H,15,19)(H,17,18). The number of likely N-dealkylation sites (tertiary alicyclic amines) is 1. The van der Waals surface area contributed by atoms with E-state index >= 15 is 0 Å². The van der Waals surface area contributed by atoms with Gasteiger partial charge in [0.2, 0.25) is 0 Å². The Hall–Kier alpha value is -1.26. The zero-order valence-electron chi connectivity index (χ0n) is 12.3. The van der Waals surface area contributed by atoms with Crippen LogP contribution in [0.2, 0.25) is 0 Å². The van der Waals surface area contributed by atoms with E-state index in [1.807, 2.05) is 25.7 Å². The van der Waals surface area contributed by atoms with Crippen molar-refractivity contribution in [3.63, 3.8) is 0 Å². The second kappa shape index (κ2) is 6.78. The van der Waals surface area contributed by atoms with Gasteiger partial charge in [0.1, 0.15) is 0 Å². The van der Waals surface area contributed by atoms with Crippen LogP contribution in [0.25, 0.3) is 0 Å². The number of carboxylic acids is 1. The van der Waals surface area contributed by atoms with E-state index in [0.717, 1.165) is 19.4 Å². The monoisotopic (exact) mass is 270 g/mol. The Bertz CT molecular complexity index is 331. The second-order valence-electron chi connectivity index (χ2n) is 6.08. The minimum absolute atomic E-state index is 0.0266. The summed E-state index contributed by atoms with van der Waals surface area (Å²) in [5.41, 5.74) is 0. The molecule has 0 radical (unpaired) electrons. The number of urea groups is 1. The molecule has 3 atom stereocenters. The third-order valence-corrected chi connectivity index (χ3v) is 3.89. The quantitative estimate of drug-likeness (QED) is 0.823. The van der Waals surface area contributed by atoms with E-state index in [1.165, 1.54) is 0 Å². The van der Waals surface area contributed by atoms with E-state index in [1.54, 1.807) is 0 Å². The first kappa shape index (κ1) is 15.8. The van der Waals surface area contributed by atoms with E-state index in [0.29, 0.717) is 5.92 Å². The zero-order valence-corrected chi connectivity index (χ0v) is 12.3. The molecule has 0 aromatic heterocycles. The Balaban J connectivity index is 2.62. The number of hydrogen-bond acceptors (Lipinski definition) is 2. The molecule has 0 aromatic carbocycles. The van der Waals surface area contributed by atoms with Gasteiger partial charge in [-0.25, -0.2) is 4.79 Å². The summed E-state index contributed by atoms with van der Waals surface area (Å²) in [5.74, 6) is -0.254. The minimum atomic E-state index is -0.876. The topological polar surface area (TPSA) is 69.6 Å². The third-order valence-electron chi connectivity index (χ3n) is 3.89. The highest BCUT2D eigenvalue weighted by Crippen LogP contribution is 2.21. The molecule has 1 aliphatic heterocycles. The molecule has 0 bridgehead atoms. The van der Waals surface area contributed by atoms with Crippen molar-refractivity contribution < 1.29 is 14.7 Å². The third kappa shape index (κ3) is 4.73. The van der Waals surface area contributed by atoms with Crippen LogP contribution in [-0.4, -0.2) is 40.6 Å². The molecule has 1 rings (SSSR count). The summed E-state index contributed by atoms with van der Waals surface area (Å²) < 4.78 is 0. The lowest BCUT2D eigenvalue weighted by Gasteiger charge is -2.38. The van der Waals surface area contributed by atoms with E-state index < -0.39 is 5.97 Å². The highest BCUT2D eigenvalue weighted by atomic mass is 16.4. The Morgan fingerprint density at radius 2 is 1.95 bits per heavy atom. The van der Waals surface area contributed by atoms with Crippen LogP contribution in [-0.2, 0) is 4.79 Å². The Morgan fingerprint density at radius 1 is 1.32 bits per heavy atom. The molecule has 2 N–H and O–H groups in total. The Kier molecular flexibility index (Phi) is 5.63. The molecule has 1 saturated heterocycles. The summed E-state index contributed by atoms with van der Waals surface area (Å²) in [5, 5.41) is 11.8. The maximum absolute atomic E-state index is 12.3. The molecule has 0 aliphatic carbocycles. The van der Waals surface area contributed by atoms with Gasteiger partial charge < -0.3 is 15.3 Å². The number of amides is 2. The number of nitrogens with one attached hydrogen (secondary N) is 1. The van der Waals surface area contributed by atoms with Crippen molar-refractivity contribution >= 4 is 12.0 Å². The molecule has 0 spiro atoms. The van der Waals surface area contributed by atoms with Gasteiger partial charge in [-0.2, -0.15) is 0 Å². The first-order valence-corrected chi connectivity index (χ1v) is 7.10. The first-order valence-electron chi connectivity index (χ1n) is 7.10. The summed E-state index contributed by atoms with van der Waals surface area (Å²) >= 11 is 0. The van der Waals surface area contributed by atoms with Crippen LogP contribution in [0.4, 0.5) is 4.79 Å². The van der Waals surface area contributed by atoms with Crippen molar-refractivity contribution in [2.24, 2.45) is 11.8 Å². The largest absolute Gasteiger partial charge is 0.481 e. The second-order valence-corrected chi connectivity index (χ2v) is 6.08. The van der Waals surface area contributed by atoms with Crippen molar-refractivity contribution in [2.75, 3.05) is 6.54 Å². The molecule has 0 aromatic rings. The lowest BCUT2D eigenvalue weighted by atomic mass is 9.95. The molecule has 1 heterocycles. The van der Waals surface area contributed by atoms with Crippen molar-refractivity contribution in [3.8, 4) is 0 Å². The van der Waals surface area contributed by atoms with Crippen LogP contribution in [0, 0.1) is 11.8 Å². The van der Waals surface area contributed by atoms with Crippen molar-refractivity contribution in [1.29, 1.82) is 0 Å². The molecule has 5 heteroatoms. The summed E-state index contributed by atoms with van der Waals surface area (Å²) in [4.78, 5) is 24.9. The number of carbonyl (C=O) groups excluding carboxylic acids is 1. The van der Waals surface area contributed by atoms with Crippen LogP contribution in [0.1, 0.15) is 47.0 Å². The summed E-state index contributed by atoms with van der Waals surface area (Å²) in [6.07, 6.45) is 2.13. The highest BCUT2D eigenvalue weighted by molar-refractivity contribution is 5.76. The van der Waals surface area contributed by atoms with Crippen molar-refractivity contribution in [3.05, 3.63) is 0 Å². The van der Waals surface area contributed by atoms with E-state index in [9.17, 15) is 9.59 Å². The number of carboxylic acid groups (broad SMARTS) is 1. The van der Waals surface area contributed by atoms with Crippen LogP contribution in [0.15, 0.2) is 0 Å².